The quantitative estimate of drug-likeness (QED) is 0.147. The molecule has 11 aromatic carbocycles. The van der Waals surface area contributed by atoms with Crippen molar-refractivity contribution in [3.8, 4) is 66.8 Å². The Balaban J connectivity index is 1.00. The first-order chi connectivity index (χ1) is 33.7. The summed E-state index contributed by atoms with van der Waals surface area (Å²) in [5.41, 5.74) is 24.1. The van der Waals surface area contributed by atoms with Gasteiger partial charge in [0, 0.05) is 16.8 Å². The Bertz CT molecular complexity index is 3670. The Labute approximate surface area is 398 Å². The fourth-order valence-corrected chi connectivity index (χ4v) is 11.5. The predicted molar refractivity (Wildman–Crippen MR) is 287 cm³/mol. The number of nitrogens with zero attached hydrogens (tertiary/aromatic N) is 1. The lowest BCUT2D eigenvalue weighted by atomic mass is 9.70. The highest BCUT2D eigenvalue weighted by atomic mass is 15.1. The van der Waals surface area contributed by atoms with E-state index in [2.05, 4.69) is 266 Å². The van der Waals surface area contributed by atoms with Crippen LogP contribution >= 0.6 is 0 Å². The SMILES string of the molecule is C=Cc1ccc(-c2cc(-c3ccccc3)cc(-c3ccccc3)c2-c2ccc(N(c3ccccc3)c3cccc4c5c(ccc34)C3(c4ccccc4-c4ccccc43)c3ccccc3-5)cc2)cc1. The van der Waals surface area contributed by atoms with E-state index in [4.69, 9.17) is 0 Å². The molecule has 0 atom stereocenters. The van der Waals surface area contributed by atoms with Crippen LogP contribution < -0.4 is 4.90 Å². The zero-order valence-electron chi connectivity index (χ0n) is 37.5. The molecule has 0 heterocycles. The maximum atomic E-state index is 4.04. The molecule has 1 heteroatoms. The molecule has 1 nitrogen and oxygen atoms in total. The molecule has 0 N–H and O–H groups in total. The Morgan fingerprint density at radius 1 is 0.309 bits per heavy atom. The van der Waals surface area contributed by atoms with Crippen molar-refractivity contribution in [1.29, 1.82) is 0 Å². The van der Waals surface area contributed by atoms with Gasteiger partial charge in [-0.25, -0.2) is 0 Å². The molecule has 68 heavy (non-hydrogen) atoms. The van der Waals surface area contributed by atoms with Crippen molar-refractivity contribution in [1.82, 2.24) is 0 Å². The summed E-state index contributed by atoms with van der Waals surface area (Å²) in [6.45, 7) is 4.04. The standard InChI is InChI=1S/C67H45N/c1-2-45-33-35-48(36-34-45)59-44-50(46-19-6-3-7-20-46)43-58(47-21-8-4-9-22-47)65(59)49-37-39-52(40-38-49)68(51-23-10-5-11-24-51)64-32-18-28-56-55(64)41-42-63-66(56)57-27-14-17-31-62(57)67(63)60-29-15-12-25-53(60)54-26-13-16-30-61(54)67/h2-44H,1H2. The minimum Gasteiger partial charge on any atom is -0.310 e. The number of hydrogen-bond acceptors (Lipinski definition) is 1. The smallest absolute Gasteiger partial charge is 0.0725 e. The maximum absolute atomic E-state index is 4.04. The molecule has 0 aliphatic heterocycles. The number of hydrogen-bond donors (Lipinski definition) is 0. The van der Waals surface area contributed by atoms with Gasteiger partial charge in [0.25, 0.3) is 0 Å². The van der Waals surface area contributed by atoms with Crippen LogP contribution in [0.2, 0.25) is 0 Å². The van der Waals surface area contributed by atoms with E-state index in [9.17, 15) is 0 Å². The number of anilines is 3. The van der Waals surface area contributed by atoms with Crippen LogP contribution in [0.25, 0.3) is 83.6 Å². The van der Waals surface area contributed by atoms with Gasteiger partial charge < -0.3 is 4.90 Å². The van der Waals surface area contributed by atoms with E-state index in [0.717, 1.165) is 33.8 Å². The molecule has 0 radical (unpaired) electrons. The summed E-state index contributed by atoms with van der Waals surface area (Å²) in [5, 5.41) is 2.46. The van der Waals surface area contributed by atoms with Crippen LogP contribution in [0.3, 0.4) is 0 Å². The topological polar surface area (TPSA) is 3.24 Å². The molecule has 0 fully saturated rings. The molecule has 13 rings (SSSR count). The Morgan fingerprint density at radius 2 is 0.809 bits per heavy atom. The number of rotatable bonds is 8. The van der Waals surface area contributed by atoms with E-state index in [1.807, 2.05) is 6.08 Å². The van der Waals surface area contributed by atoms with Crippen molar-refractivity contribution in [3.63, 3.8) is 0 Å². The lowest BCUT2D eigenvalue weighted by Crippen LogP contribution is -2.25. The van der Waals surface area contributed by atoms with Gasteiger partial charge in [-0.2, -0.15) is 0 Å². The second kappa shape index (κ2) is 16.0. The van der Waals surface area contributed by atoms with Gasteiger partial charge in [-0.3, -0.25) is 0 Å². The van der Waals surface area contributed by atoms with Crippen molar-refractivity contribution >= 4 is 33.9 Å². The van der Waals surface area contributed by atoms with E-state index < -0.39 is 5.41 Å². The van der Waals surface area contributed by atoms with Gasteiger partial charge in [0.15, 0.2) is 0 Å². The number of fused-ring (bicyclic) bond motifs is 12. The highest BCUT2D eigenvalue weighted by molar-refractivity contribution is 6.11. The van der Waals surface area contributed by atoms with Gasteiger partial charge in [-0.15, -0.1) is 0 Å². The normalized spacial score (nSPS) is 12.6. The Kier molecular flexibility index (Phi) is 9.30. The summed E-state index contributed by atoms with van der Waals surface area (Å²) >= 11 is 0. The van der Waals surface area contributed by atoms with Gasteiger partial charge in [0.1, 0.15) is 0 Å². The lowest BCUT2D eigenvalue weighted by molar-refractivity contribution is 0.794. The average molecular weight is 864 g/mol. The minimum absolute atomic E-state index is 0.400. The van der Waals surface area contributed by atoms with Gasteiger partial charge in [0.05, 0.1) is 11.1 Å². The van der Waals surface area contributed by atoms with E-state index in [0.29, 0.717) is 0 Å². The van der Waals surface area contributed by atoms with Crippen molar-refractivity contribution in [3.05, 3.63) is 289 Å². The average Bonchev–Trinajstić information content (AvgIpc) is 3.89. The molecule has 0 unspecified atom stereocenters. The maximum Gasteiger partial charge on any atom is 0.0725 e. The minimum atomic E-state index is -0.400. The van der Waals surface area contributed by atoms with Crippen molar-refractivity contribution < 1.29 is 0 Å². The summed E-state index contributed by atoms with van der Waals surface area (Å²) in [6.07, 6.45) is 1.91. The fourth-order valence-electron chi connectivity index (χ4n) is 11.5. The van der Waals surface area contributed by atoms with E-state index in [1.165, 1.54) is 88.7 Å². The van der Waals surface area contributed by atoms with Crippen molar-refractivity contribution in [2.24, 2.45) is 0 Å². The molecular weight excluding hydrogens is 819 g/mol. The van der Waals surface area contributed by atoms with Crippen LogP contribution in [0.4, 0.5) is 17.1 Å². The highest BCUT2D eigenvalue weighted by Gasteiger charge is 2.51. The highest BCUT2D eigenvalue weighted by Crippen LogP contribution is 2.64. The number of para-hydroxylation sites is 1. The third-order valence-corrected chi connectivity index (χ3v) is 14.5. The largest absolute Gasteiger partial charge is 0.310 e. The van der Waals surface area contributed by atoms with Crippen LogP contribution in [-0.4, -0.2) is 0 Å². The third kappa shape index (κ3) is 6.03. The van der Waals surface area contributed by atoms with Crippen LogP contribution in [0.1, 0.15) is 27.8 Å². The first-order valence-electron chi connectivity index (χ1n) is 23.5. The summed E-state index contributed by atoms with van der Waals surface area (Å²) in [7, 11) is 0. The monoisotopic (exact) mass is 863 g/mol. The number of benzene rings is 11. The summed E-state index contributed by atoms with van der Waals surface area (Å²) < 4.78 is 0. The second-order valence-corrected chi connectivity index (χ2v) is 18.0. The molecule has 0 amide bonds. The first kappa shape index (κ1) is 39.6. The molecule has 318 valence electrons. The molecule has 0 aromatic heterocycles. The molecule has 1 spiro atoms. The predicted octanol–water partition coefficient (Wildman–Crippen LogP) is 18.0. The molecule has 2 aliphatic rings. The third-order valence-electron chi connectivity index (χ3n) is 14.5. The molecule has 0 bridgehead atoms. The van der Waals surface area contributed by atoms with Crippen LogP contribution in [0.15, 0.2) is 261 Å². The molecule has 0 saturated heterocycles. The van der Waals surface area contributed by atoms with Crippen LogP contribution in [0, 0.1) is 0 Å². The Morgan fingerprint density at radius 3 is 1.43 bits per heavy atom. The summed E-state index contributed by atoms with van der Waals surface area (Å²) in [4.78, 5) is 2.43. The lowest BCUT2D eigenvalue weighted by Gasteiger charge is -2.31. The molecule has 2 aliphatic carbocycles. The first-order valence-corrected chi connectivity index (χ1v) is 23.5. The second-order valence-electron chi connectivity index (χ2n) is 18.0. The van der Waals surface area contributed by atoms with Gasteiger partial charge in [-0.05, 0) is 142 Å². The fraction of sp³-hybridized carbons (Fsp3) is 0.0149. The van der Waals surface area contributed by atoms with E-state index >= 15 is 0 Å². The van der Waals surface area contributed by atoms with Crippen molar-refractivity contribution in [2.45, 2.75) is 5.41 Å². The molecule has 0 saturated carbocycles. The zero-order valence-corrected chi connectivity index (χ0v) is 37.5. The van der Waals surface area contributed by atoms with E-state index in [1.54, 1.807) is 0 Å². The van der Waals surface area contributed by atoms with Gasteiger partial charge in [-0.1, -0.05) is 225 Å². The van der Waals surface area contributed by atoms with Gasteiger partial charge in [0.2, 0.25) is 0 Å². The zero-order chi connectivity index (χ0) is 45.2. The van der Waals surface area contributed by atoms with Gasteiger partial charge >= 0.3 is 0 Å². The Hall–Kier alpha value is -8.78. The summed E-state index contributed by atoms with van der Waals surface area (Å²) in [6, 6.07) is 94.0. The van der Waals surface area contributed by atoms with E-state index in [-0.39, 0.29) is 0 Å². The van der Waals surface area contributed by atoms with Crippen LogP contribution in [-0.2, 0) is 5.41 Å². The van der Waals surface area contributed by atoms with Crippen LogP contribution in [0.5, 0.6) is 0 Å². The molecule has 11 aromatic rings. The summed E-state index contributed by atoms with van der Waals surface area (Å²) in [5.74, 6) is 0. The van der Waals surface area contributed by atoms with Crippen molar-refractivity contribution in [2.75, 3.05) is 4.90 Å². The molecular formula is C67H45N.